The van der Waals surface area contributed by atoms with E-state index in [0.717, 1.165) is 17.6 Å². The van der Waals surface area contributed by atoms with E-state index in [1.54, 1.807) is 0 Å². The van der Waals surface area contributed by atoms with Crippen LogP contribution < -0.4 is 5.73 Å². The van der Waals surface area contributed by atoms with Gasteiger partial charge in [-0.2, -0.15) is 0 Å². The molecule has 1 aromatic carbocycles. The number of nitrogens with one attached hydrogen (secondary N) is 1. The lowest BCUT2D eigenvalue weighted by Gasteiger charge is -2.06. The molecule has 1 aromatic heterocycles. The van der Waals surface area contributed by atoms with Gasteiger partial charge in [0.2, 0.25) is 0 Å². The first-order chi connectivity index (χ1) is 6.72. The Kier molecular flexibility index (Phi) is 2.20. The lowest BCUT2D eigenvalue weighted by molar-refractivity contribution is 0.739. The summed E-state index contributed by atoms with van der Waals surface area (Å²) in [6.45, 7) is 4.46. The number of aromatic amines is 1. The van der Waals surface area contributed by atoms with Gasteiger partial charge >= 0.3 is 0 Å². The number of benzene rings is 1. The highest BCUT2D eigenvalue weighted by molar-refractivity contribution is 5.86. The molecule has 0 radical (unpaired) electrons. The summed E-state index contributed by atoms with van der Waals surface area (Å²) in [6.07, 6.45) is 3.26. The number of hydrogen-bond donors (Lipinski definition) is 2. The number of anilines is 1. The molecule has 2 rings (SSSR count). The average molecular weight is 188 g/mol. The van der Waals surface area contributed by atoms with Gasteiger partial charge in [0.05, 0.1) is 0 Å². The Bertz CT molecular complexity index is 443. The van der Waals surface area contributed by atoms with Crippen LogP contribution in [0.1, 0.15) is 31.7 Å². The highest BCUT2D eigenvalue weighted by Crippen LogP contribution is 2.28. The molecule has 0 saturated carbocycles. The largest absolute Gasteiger partial charge is 0.399 e. The maximum Gasteiger partial charge on any atom is 0.0477 e. The van der Waals surface area contributed by atoms with Gasteiger partial charge in [-0.05, 0) is 30.0 Å². The van der Waals surface area contributed by atoms with Crippen LogP contribution in [0.15, 0.2) is 24.4 Å². The fraction of sp³-hybridized carbons (Fsp3) is 0.333. The van der Waals surface area contributed by atoms with Crippen LogP contribution in [0, 0.1) is 0 Å². The van der Waals surface area contributed by atoms with Crippen molar-refractivity contribution in [1.29, 1.82) is 0 Å². The van der Waals surface area contributed by atoms with Gasteiger partial charge in [-0.3, -0.25) is 0 Å². The van der Waals surface area contributed by atoms with Crippen molar-refractivity contribution in [3.05, 3.63) is 30.0 Å². The second-order valence-corrected chi connectivity index (χ2v) is 3.86. The Balaban J connectivity index is 2.58. The van der Waals surface area contributed by atoms with E-state index in [9.17, 15) is 0 Å². The molecule has 74 valence electrons. The molecule has 0 aliphatic rings. The number of aromatic nitrogens is 1. The van der Waals surface area contributed by atoms with Crippen molar-refractivity contribution in [3.8, 4) is 0 Å². The quantitative estimate of drug-likeness (QED) is 0.698. The van der Waals surface area contributed by atoms with Crippen LogP contribution >= 0.6 is 0 Å². The average Bonchev–Trinajstić information content (AvgIpc) is 2.59. The maximum atomic E-state index is 5.72. The summed E-state index contributed by atoms with van der Waals surface area (Å²) in [5.74, 6) is 0.604. The zero-order valence-corrected chi connectivity index (χ0v) is 8.67. The molecular weight excluding hydrogens is 172 g/mol. The van der Waals surface area contributed by atoms with E-state index in [0.29, 0.717) is 5.92 Å². The predicted molar refractivity (Wildman–Crippen MR) is 61.4 cm³/mol. The van der Waals surface area contributed by atoms with Gasteiger partial charge in [0.15, 0.2) is 0 Å². The number of H-pyrrole nitrogens is 1. The minimum Gasteiger partial charge on any atom is -0.399 e. The Morgan fingerprint density at radius 3 is 2.93 bits per heavy atom. The van der Waals surface area contributed by atoms with Crippen LogP contribution in [0.5, 0.6) is 0 Å². The smallest absolute Gasteiger partial charge is 0.0477 e. The number of nitrogens with two attached hydrogens (primary N) is 1. The van der Waals surface area contributed by atoms with Crippen LogP contribution in [0.2, 0.25) is 0 Å². The Labute approximate surface area is 84.1 Å². The van der Waals surface area contributed by atoms with Crippen molar-refractivity contribution < 1.29 is 0 Å². The van der Waals surface area contributed by atoms with Crippen molar-refractivity contribution >= 4 is 16.6 Å². The number of hydrogen-bond acceptors (Lipinski definition) is 1. The van der Waals surface area contributed by atoms with Gasteiger partial charge in [0.25, 0.3) is 0 Å². The van der Waals surface area contributed by atoms with Crippen LogP contribution in [-0.2, 0) is 0 Å². The second kappa shape index (κ2) is 3.37. The molecule has 3 N–H and O–H groups in total. The number of rotatable bonds is 2. The lowest BCUT2D eigenvalue weighted by atomic mass is 9.98. The van der Waals surface area contributed by atoms with Crippen LogP contribution in [0.3, 0.4) is 0 Å². The summed E-state index contributed by atoms with van der Waals surface area (Å²) in [4.78, 5) is 3.26. The molecule has 0 spiro atoms. The van der Waals surface area contributed by atoms with E-state index < -0.39 is 0 Å². The van der Waals surface area contributed by atoms with Crippen molar-refractivity contribution in [3.63, 3.8) is 0 Å². The van der Waals surface area contributed by atoms with Gasteiger partial charge < -0.3 is 10.7 Å². The zero-order chi connectivity index (χ0) is 10.1. The lowest BCUT2D eigenvalue weighted by Crippen LogP contribution is -1.89. The van der Waals surface area contributed by atoms with E-state index in [1.165, 1.54) is 10.9 Å². The molecule has 2 aromatic rings. The van der Waals surface area contributed by atoms with Gasteiger partial charge in [-0.1, -0.05) is 19.9 Å². The van der Waals surface area contributed by atoms with Crippen molar-refractivity contribution in [2.24, 2.45) is 0 Å². The second-order valence-electron chi connectivity index (χ2n) is 3.86. The Morgan fingerprint density at radius 1 is 1.43 bits per heavy atom. The maximum absolute atomic E-state index is 5.72. The fourth-order valence-corrected chi connectivity index (χ4v) is 1.79. The van der Waals surface area contributed by atoms with E-state index in [-0.39, 0.29) is 0 Å². The third-order valence-corrected chi connectivity index (χ3v) is 2.88. The first kappa shape index (κ1) is 9.13. The van der Waals surface area contributed by atoms with E-state index in [4.69, 9.17) is 5.73 Å². The van der Waals surface area contributed by atoms with E-state index >= 15 is 0 Å². The molecular formula is C12H16N2. The van der Waals surface area contributed by atoms with Crippen molar-refractivity contribution in [2.75, 3.05) is 5.73 Å². The summed E-state index contributed by atoms with van der Waals surface area (Å²) < 4.78 is 0. The third-order valence-electron chi connectivity index (χ3n) is 2.88. The molecule has 0 fully saturated rings. The normalized spacial score (nSPS) is 13.3. The molecule has 0 aliphatic carbocycles. The SMILES string of the molecule is CC[C@@H](C)c1c[nH]c2cc(N)ccc12. The van der Waals surface area contributed by atoms with Crippen LogP contribution in [0.25, 0.3) is 10.9 Å². The first-order valence-electron chi connectivity index (χ1n) is 5.09. The Hall–Kier alpha value is -1.44. The molecule has 2 nitrogen and oxygen atoms in total. The van der Waals surface area contributed by atoms with Crippen molar-refractivity contribution in [1.82, 2.24) is 4.98 Å². The van der Waals surface area contributed by atoms with Gasteiger partial charge in [0, 0.05) is 22.8 Å². The highest BCUT2D eigenvalue weighted by atomic mass is 14.7. The minimum atomic E-state index is 0.604. The van der Waals surface area contributed by atoms with Crippen molar-refractivity contribution in [2.45, 2.75) is 26.2 Å². The fourth-order valence-electron chi connectivity index (χ4n) is 1.79. The topological polar surface area (TPSA) is 41.8 Å². The van der Waals surface area contributed by atoms with Crippen LogP contribution in [-0.4, -0.2) is 4.98 Å². The molecule has 2 heteroatoms. The summed E-state index contributed by atoms with van der Waals surface area (Å²) in [5.41, 5.74) is 9.07. The summed E-state index contributed by atoms with van der Waals surface area (Å²) in [5, 5.41) is 1.30. The highest BCUT2D eigenvalue weighted by Gasteiger charge is 2.08. The number of nitrogen functional groups attached to an aromatic ring is 1. The monoisotopic (exact) mass is 188 g/mol. The zero-order valence-electron chi connectivity index (χ0n) is 8.67. The molecule has 0 bridgehead atoms. The molecule has 1 atom stereocenters. The summed E-state index contributed by atoms with van der Waals surface area (Å²) in [7, 11) is 0. The third kappa shape index (κ3) is 1.37. The molecule has 1 heterocycles. The summed E-state index contributed by atoms with van der Waals surface area (Å²) in [6, 6.07) is 6.05. The van der Waals surface area contributed by atoms with E-state index in [1.807, 2.05) is 12.1 Å². The molecule has 0 saturated heterocycles. The first-order valence-corrected chi connectivity index (χ1v) is 5.09. The minimum absolute atomic E-state index is 0.604. The standard InChI is InChI=1S/C12H16N2/c1-3-8(2)11-7-14-12-6-9(13)4-5-10(11)12/h4-8,14H,3,13H2,1-2H3/t8-/m1/s1. The predicted octanol–water partition coefficient (Wildman–Crippen LogP) is 3.26. The van der Waals surface area contributed by atoms with Gasteiger partial charge in [-0.25, -0.2) is 0 Å². The van der Waals surface area contributed by atoms with Gasteiger partial charge in [-0.15, -0.1) is 0 Å². The molecule has 0 aliphatic heterocycles. The molecule has 14 heavy (non-hydrogen) atoms. The van der Waals surface area contributed by atoms with E-state index in [2.05, 4.69) is 31.1 Å². The van der Waals surface area contributed by atoms with Gasteiger partial charge in [0.1, 0.15) is 0 Å². The Morgan fingerprint density at radius 2 is 2.21 bits per heavy atom. The van der Waals surface area contributed by atoms with Crippen LogP contribution in [0.4, 0.5) is 5.69 Å². The summed E-state index contributed by atoms with van der Waals surface area (Å²) >= 11 is 0. The molecule has 0 amide bonds. The number of fused-ring (bicyclic) bond motifs is 1. The molecule has 0 unspecified atom stereocenters.